The number of para-hydroxylation sites is 1. The van der Waals surface area contributed by atoms with Crippen LogP contribution in [0.1, 0.15) is 20.3 Å². The van der Waals surface area contributed by atoms with Crippen molar-refractivity contribution in [2.24, 2.45) is 17.6 Å². The zero-order chi connectivity index (χ0) is 15.3. The van der Waals surface area contributed by atoms with Gasteiger partial charge in [-0.3, -0.25) is 14.9 Å². The van der Waals surface area contributed by atoms with E-state index in [-0.39, 0.29) is 29.6 Å². The van der Waals surface area contributed by atoms with E-state index in [1.54, 1.807) is 0 Å². The summed E-state index contributed by atoms with van der Waals surface area (Å²) in [6, 6.07) is 3.84. The average molecular weight is 281 g/mol. The van der Waals surface area contributed by atoms with Crippen molar-refractivity contribution in [2.45, 2.75) is 20.3 Å². The van der Waals surface area contributed by atoms with E-state index in [1.165, 1.54) is 18.2 Å². The summed E-state index contributed by atoms with van der Waals surface area (Å²) in [6.07, 6.45) is 0.573. The lowest BCUT2D eigenvalue weighted by atomic mass is 9.96. The summed E-state index contributed by atoms with van der Waals surface area (Å²) in [6.45, 7) is 4.06. The van der Waals surface area contributed by atoms with Gasteiger partial charge in [-0.15, -0.1) is 0 Å². The molecule has 110 valence electrons. The van der Waals surface area contributed by atoms with Gasteiger partial charge in [0.15, 0.2) is 5.69 Å². The zero-order valence-corrected chi connectivity index (χ0v) is 11.5. The van der Waals surface area contributed by atoms with Crippen LogP contribution in [0, 0.1) is 22.0 Å². The molecule has 7 nitrogen and oxygen atoms in total. The van der Waals surface area contributed by atoms with E-state index in [4.69, 9.17) is 5.73 Å². The van der Waals surface area contributed by atoms with Crippen molar-refractivity contribution in [3.05, 3.63) is 28.3 Å². The SMILES string of the molecule is CC(C)CC(CN)C(=O)Nc1c(O)cccc1[N+](=O)[O-]. The van der Waals surface area contributed by atoms with Crippen molar-refractivity contribution in [3.63, 3.8) is 0 Å². The van der Waals surface area contributed by atoms with E-state index in [2.05, 4.69) is 5.32 Å². The Bertz CT molecular complexity index is 502. The molecule has 0 bridgehead atoms. The largest absolute Gasteiger partial charge is 0.505 e. The number of nitro benzene ring substituents is 1. The van der Waals surface area contributed by atoms with Gasteiger partial charge in [-0.1, -0.05) is 19.9 Å². The number of hydrogen-bond donors (Lipinski definition) is 3. The number of phenols is 1. The van der Waals surface area contributed by atoms with Crippen LogP contribution in [0.5, 0.6) is 5.75 Å². The van der Waals surface area contributed by atoms with Crippen LogP contribution < -0.4 is 11.1 Å². The molecule has 1 amide bonds. The van der Waals surface area contributed by atoms with Crippen LogP contribution in [0.15, 0.2) is 18.2 Å². The van der Waals surface area contributed by atoms with Gasteiger partial charge in [0.25, 0.3) is 5.69 Å². The Hall–Kier alpha value is -2.15. The maximum Gasteiger partial charge on any atom is 0.296 e. The molecule has 1 unspecified atom stereocenters. The molecule has 1 rings (SSSR count). The Morgan fingerprint density at radius 1 is 1.50 bits per heavy atom. The van der Waals surface area contributed by atoms with Crippen molar-refractivity contribution in [3.8, 4) is 5.75 Å². The van der Waals surface area contributed by atoms with E-state index >= 15 is 0 Å². The minimum atomic E-state index is -0.658. The number of nitrogens with zero attached hydrogens (tertiary/aromatic N) is 1. The number of aromatic hydroxyl groups is 1. The van der Waals surface area contributed by atoms with Crippen molar-refractivity contribution in [2.75, 3.05) is 11.9 Å². The highest BCUT2D eigenvalue weighted by Gasteiger charge is 2.24. The van der Waals surface area contributed by atoms with Crippen LogP contribution in [0.3, 0.4) is 0 Å². The van der Waals surface area contributed by atoms with Crippen molar-refractivity contribution < 1.29 is 14.8 Å². The first kappa shape index (κ1) is 15.9. The van der Waals surface area contributed by atoms with Gasteiger partial charge in [0.05, 0.1) is 10.8 Å². The number of rotatable bonds is 6. The first-order valence-corrected chi connectivity index (χ1v) is 6.34. The monoisotopic (exact) mass is 281 g/mol. The number of anilines is 1. The summed E-state index contributed by atoms with van der Waals surface area (Å²) in [5.41, 5.74) is 5.02. The molecule has 1 atom stereocenters. The highest BCUT2D eigenvalue weighted by Crippen LogP contribution is 2.33. The molecule has 0 fully saturated rings. The first-order valence-electron chi connectivity index (χ1n) is 6.34. The van der Waals surface area contributed by atoms with E-state index < -0.39 is 16.7 Å². The minimum Gasteiger partial charge on any atom is -0.505 e. The molecule has 0 aromatic heterocycles. The van der Waals surface area contributed by atoms with Gasteiger partial charge < -0.3 is 16.2 Å². The first-order chi connectivity index (χ1) is 9.36. The Morgan fingerprint density at radius 2 is 2.15 bits per heavy atom. The maximum absolute atomic E-state index is 12.1. The lowest BCUT2D eigenvalue weighted by Gasteiger charge is -2.17. The van der Waals surface area contributed by atoms with Crippen LogP contribution in [-0.2, 0) is 4.79 Å². The number of phenolic OH excluding ortho intramolecular Hbond substituents is 1. The van der Waals surface area contributed by atoms with Gasteiger partial charge >= 0.3 is 0 Å². The van der Waals surface area contributed by atoms with E-state index in [9.17, 15) is 20.0 Å². The molecule has 0 heterocycles. The fourth-order valence-corrected chi connectivity index (χ4v) is 1.91. The smallest absolute Gasteiger partial charge is 0.296 e. The molecule has 0 aliphatic carbocycles. The number of nitrogens with one attached hydrogen (secondary N) is 1. The standard InChI is InChI=1S/C13H19N3O4/c1-8(2)6-9(7-14)13(18)15-12-10(16(19)20)4-3-5-11(12)17/h3-5,8-9,17H,6-7,14H2,1-2H3,(H,15,18). The number of amides is 1. The van der Waals surface area contributed by atoms with Crippen LogP contribution in [-0.4, -0.2) is 22.5 Å². The molecule has 0 saturated heterocycles. The fraction of sp³-hybridized carbons (Fsp3) is 0.462. The van der Waals surface area contributed by atoms with Gasteiger partial charge in [0.1, 0.15) is 5.75 Å². The second kappa shape index (κ2) is 6.85. The summed E-state index contributed by atoms with van der Waals surface area (Å²) >= 11 is 0. The second-order valence-electron chi connectivity index (χ2n) is 4.98. The molecule has 0 radical (unpaired) electrons. The number of nitro groups is 1. The summed E-state index contributed by atoms with van der Waals surface area (Å²) in [5, 5.41) is 23.0. The molecule has 1 aromatic rings. The molecule has 7 heteroatoms. The second-order valence-corrected chi connectivity index (χ2v) is 4.98. The molecular weight excluding hydrogens is 262 g/mol. The van der Waals surface area contributed by atoms with Gasteiger partial charge in [-0.25, -0.2) is 0 Å². The summed E-state index contributed by atoms with van der Waals surface area (Å²) in [5.74, 6) is -0.943. The Kier molecular flexibility index (Phi) is 5.45. The van der Waals surface area contributed by atoms with Crippen LogP contribution in [0.2, 0.25) is 0 Å². The topological polar surface area (TPSA) is 118 Å². The van der Waals surface area contributed by atoms with Gasteiger partial charge in [-0.05, 0) is 18.4 Å². The van der Waals surface area contributed by atoms with Gasteiger partial charge in [0, 0.05) is 12.6 Å². The lowest BCUT2D eigenvalue weighted by molar-refractivity contribution is -0.384. The maximum atomic E-state index is 12.1. The van der Waals surface area contributed by atoms with E-state index in [0.29, 0.717) is 6.42 Å². The molecule has 1 aromatic carbocycles. The highest BCUT2D eigenvalue weighted by molar-refractivity contribution is 5.96. The third-order valence-corrected chi connectivity index (χ3v) is 2.88. The van der Waals surface area contributed by atoms with Crippen LogP contribution in [0.4, 0.5) is 11.4 Å². The highest BCUT2D eigenvalue weighted by atomic mass is 16.6. The third kappa shape index (κ3) is 3.92. The number of nitrogens with two attached hydrogens (primary N) is 1. The Morgan fingerprint density at radius 3 is 2.65 bits per heavy atom. The fourth-order valence-electron chi connectivity index (χ4n) is 1.91. The van der Waals surface area contributed by atoms with Gasteiger partial charge in [-0.2, -0.15) is 0 Å². The molecule has 0 saturated carbocycles. The predicted octanol–water partition coefficient (Wildman–Crippen LogP) is 1.86. The lowest BCUT2D eigenvalue weighted by Crippen LogP contribution is -2.30. The molecule has 0 aliphatic heterocycles. The number of hydrogen-bond acceptors (Lipinski definition) is 5. The quantitative estimate of drug-likeness (QED) is 0.418. The zero-order valence-electron chi connectivity index (χ0n) is 11.5. The van der Waals surface area contributed by atoms with Crippen molar-refractivity contribution in [1.82, 2.24) is 0 Å². The molecule has 0 aliphatic rings. The normalized spacial score (nSPS) is 12.2. The number of benzene rings is 1. The Labute approximate surface area is 116 Å². The number of carbonyl (C=O) groups is 1. The van der Waals surface area contributed by atoms with Crippen LogP contribution >= 0.6 is 0 Å². The average Bonchev–Trinajstić information content (AvgIpc) is 2.37. The third-order valence-electron chi connectivity index (χ3n) is 2.88. The van der Waals surface area contributed by atoms with Crippen molar-refractivity contribution >= 4 is 17.3 Å². The van der Waals surface area contributed by atoms with Crippen LogP contribution in [0.25, 0.3) is 0 Å². The molecule has 4 N–H and O–H groups in total. The minimum absolute atomic E-state index is 0.144. The Balaban J connectivity index is 2.97. The van der Waals surface area contributed by atoms with Crippen molar-refractivity contribution in [1.29, 1.82) is 0 Å². The van der Waals surface area contributed by atoms with Gasteiger partial charge in [0.2, 0.25) is 5.91 Å². The predicted molar refractivity (Wildman–Crippen MR) is 75.4 cm³/mol. The molecular formula is C13H19N3O4. The summed E-state index contributed by atoms with van der Waals surface area (Å²) in [4.78, 5) is 22.3. The summed E-state index contributed by atoms with van der Waals surface area (Å²) < 4.78 is 0. The number of carbonyl (C=O) groups excluding carboxylic acids is 1. The van der Waals surface area contributed by atoms with E-state index in [0.717, 1.165) is 0 Å². The summed E-state index contributed by atoms with van der Waals surface area (Å²) in [7, 11) is 0. The molecule has 20 heavy (non-hydrogen) atoms. The molecule has 0 spiro atoms. The van der Waals surface area contributed by atoms with E-state index in [1.807, 2.05) is 13.8 Å².